The summed E-state index contributed by atoms with van der Waals surface area (Å²) in [5.74, 6) is 0. The monoisotopic (exact) mass is 676 g/mol. The van der Waals surface area contributed by atoms with Gasteiger partial charge in [0.15, 0.2) is 0 Å². The summed E-state index contributed by atoms with van der Waals surface area (Å²) >= 11 is 0. The molecule has 2 unspecified atom stereocenters. The summed E-state index contributed by atoms with van der Waals surface area (Å²) in [6.07, 6.45) is 26.9. The van der Waals surface area contributed by atoms with Crippen molar-refractivity contribution in [2.75, 3.05) is 0 Å². The van der Waals surface area contributed by atoms with E-state index in [0.29, 0.717) is 0 Å². The van der Waals surface area contributed by atoms with Crippen LogP contribution in [0.1, 0.15) is 59.9 Å². The van der Waals surface area contributed by atoms with Gasteiger partial charge in [-0.3, -0.25) is 0 Å². The highest BCUT2D eigenvalue weighted by molar-refractivity contribution is 6.17. The Hall–Kier alpha value is -5.98. The normalized spacial score (nSPS) is 22.5. The molecule has 0 aliphatic heterocycles. The van der Waals surface area contributed by atoms with Gasteiger partial charge in [0.2, 0.25) is 0 Å². The molecular weight excluding hydrogens is 637 g/mol. The van der Waals surface area contributed by atoms with Crippen LogP contribution in [-0.2, 0) is 0 Å². The quantitative estimate of drug-likeness (QED) is 0.159. The Morgan fingerprint density at radius 2 is 0.981 bits per heavy atom. The summed E-state index contributed by atoms with van der Waals surface area (Å²) in [6, 6.07) is 48.0. The van der Waals surface area contributed by atoms with Crippen LogP contribution in [-0.4, -0.2) is 0 Å². The van der Waals surface area contributed by atoms with E-state index in [1.54, 1.807) is 0 Å². The van der Waals surface area contributed by atoms with E-state index in [2.05, 4.69) is 182 Å². The van der Waals surface area contributed by atoms with Crippen LogP contribution in [0.2, 0.25) is 0 Å². The molecule has 0 heteroatoms. The van der Waals surface area contributed by atoms with Crippen LogP contribution in [0.25, 0.3) is 49.4 Å². The van der Waals surface area contributed by atoms with Crippen LogP contribution in [0.5, 0.6) is 0 Å². The highest BCUT2D eigenvalue weighted by Crippen LogP contribution is 2.78. The molecule has 6 aromatic carbocycles. The lowest BCUT2D eigenvalue weighted by Gasteiger charge is -2.34. The number of allylic oxidation sites excluding steroid dienone is 12. The molecular formula is C53H40. The van der Waals surface area contributed by atoms with Gasteiger partial charge in [0.05, 0.1) is 0 Å². The van der Waals surface area contributed by atoms with E-state index in [1.165, 1.54) is 87.7 Å². The maximum atomic E-state index is 2.66. The van der Waals surface area contributed by atoms with Gasteiger partial charge < -0.3 is 0 Å². The molecule has 0 saturated heterocycles. The molecule has 0 amide bonds. The molecule has 2 atom stereocenters. The lowest BCUT2D eigenvalue weighted by Crippen LogP contribution is -2.40. The first-order valence-electron chi connectivity index (χ1n) is 19.3. The van der Waals surface area contributed by atoms with E-state index >= 15 is 0 Å². The molecule has 11 rings (SSSR count). The number of fused-ring (bicyclic) bond motifs is 3. The average Bonchev–Trinajstić information content (AvgIpc) is 3.92. The van der Waals surface area contributed by atoms with Crippen molar-refractivity contribution in [2.45, 2.75) is 32.1 Å². The Labute approximate surface area is 311 Å². The fourth-order valence-electron chi connectivity index (χ4n) is 10.4. The predicted molar refractivity (Wildman–Crippen MR) is 224 cm³/mol. The summed E-state index contributed by atoms with van der Waals surface area (Å²) in [5, 5.41) is 8.18. The van der Waals surface area contributed by atoms with Crippen molar-refractivity contribution in [1.82, 2.24) is 0 Å². The van der Waals surface area contributed by atoms with Crippen molar-refractivity contribution in [3.8, 4) is 0 Å². The Morgan fingerprint density at radius 3 is 1.57 bits per heavy atom. The van der Waals surface area contributed by atoms with Crippen LogP contribution in [0.15, 0.2) is 182 Å². The summed E-state index contributed by atoms with van der Waals surface area (Å²) in [5.41, 5.74) is 13.6. The number of hydrogen-bond donors (Lipinski definition) is 0. The first-order valence-corrected chi connectivity index (χ1v) is 19.3. The third-order valence-corrected chi connectivity index (χ3v) is 12.7. The number of hydrogen-bond acceptors (Lipinski definition) is 0. The summed E-state index contributed by atoms with van der Waals surface area (Å²) in [6.45, 7) is 0. The second kappa shape index (κ2) is 11.8. The minimum absolute atomic E-state index is 0.0943. The first kappa shape index (κ1) is 30.6. The van der Waals surface area contributed by atoms with E-state index < -0.39 is 0 Å². The molecule has 1 saturated carbocycles. The number of rotatable bonds is 5. The van der Waals surface area contributed by atoms with Gasteiger partial charge in [-0.05, 0) is 126 Å². The second-order valence-electron chi connectivity index (χ2n) is 15.5. The predicted octanol–water partition coefficient (Wildman–Crippen LogP) is 11.9. The topological polar surface area (TPSA) is 0 Å². The van der Waals surface area contributed by atoms with Gasteiger partial charge in [-0.25, -0.2) is 0 Å². The average molecular weight is 677 g/mol. The SMILES string of the molecule is C1=CCCC(c2c3ccccc3c(C3=CC=CCC3)c3cc(C4=CC56CC5(C=C4)C(c4ccccc4)=c4ccccc4=C6c4ccccc4)ccc23)=C1. The van der Waals surface area contributed by atoms with Gasteiger partial charge in [0.1, 0.15) is 0 Å². The lowest BCUT2D eigenvalue weighted by atomic mass is 9.68. The molecule has 5 aliphatic carbocycles. The van der Waals surface area contributed by atoms with Crippen LogP contribution in [0.3, 0.4) is 0 Å². The zero-order chi connectivity index (χ0) is 35.0. The minimum atomic E-state index is -0.139. The number of benzene rings is 6. The molecule has 0 N–H and O–H groups in total. The smallest absolute Gasteiger partial charge is 0.0297 e. The first-order chi connectivity index (χ1) is 26.3. The molecule has 6 aromatic rings. The Bertz CT molecular complexity index is 2840. The van der Waals surface area contributed by atoms with Gasteiger partial charge in [-0.2, -0.15) is 0 Å². The minimum Gasteiger partial charge on any atom is -0.0842 e. The molecule has 0 bridgehead atoms. The Morgan fingerprint density at radius 1 is 0.453 bits per heavy atom. The largest absolute Gasteiger partial charge is 0.0842 e. The highest BCUT2D eigenvalue weighted by atomic mass is 14.7. The summed E-state index contributed by atoms with van der Waals surface area (Å²) in [7, 11) is 0. The Balaban J connectivity index is 1.18. The molecule has 252 valence electrons. The molecule has 0 aromatic heterocycles. The van der Waals surface area contributed by atoms with Gasteiger partial charge >= 0.3 is 0 Å². The zero-order valence-electron chi connectivity index (χ0n) is 29.9. The van der Waals surface area contributed by atoms with E-state index in [0.717, 1.165) is 32.1 Å². The maximum absolute atomic E-state index is 2.66. The van der Waals surface area contributed by atoms with Gasteiger partial charge in [0, 0.05) is 10.8 Å². The van der Waals surface area contributed by atoms with Crippen LogP contribution >= 0.6 is 0 Å². The fraction of sp³-hybridized carbons (Fsp3) is 0.132. The van der Waals surface area contributed by atoms with E-state index in [9.17, 15) is 0 Å². The zero-order valence-corrected chi connectivity index (χ0v) is 29.9. The third kappa shape index (κ3) is 4.48. The molecule has 53 heavy (non-hydrogen) atoms. The van der Waals surface area contributed by atoms with Crippen molar-refractivity contribution < 1.29 is 0 Å². The van der Waals surface area contributed by atoms with Crippen LogP contribution in [0.4, 0.5) is 0 Å². The summed E-state index contributed by atoms with van der Waals surface area (Å²) in [4.78, 5) is 0. The second-order valence-corrected chi connectivity index (χ2v) is 15.5. The Kier molecular flexibility index (Phi) is 6.80. The van der Waals surface area contributed by atoms with Crippen LogP contribution in [0, 0.1) is 10.8 Å². The molecule has 1 fully saturated rings. The van der Waals surface area contributed by atoms with Gasteiger partial charge in [0.25, 0.3) is 0 Å². The molecule has 0 heterocycles. The van der Waals surface area contributed by atoms with Crippen molar-refractivity contribution in [2.24, 2.45) is 10.8 Å². The molecule has 0 spiro atoms. The fourth-order valence-corrected chi connectivity index (χ4v) is 10.4. The van der Waals surface area contributed by atoms with Crippen molar-refractivity contribution in [3.63, 3.8) is 0 Å². The molecule has 0 radical (unpaired) electrons. The van der Waals surface area contributed by atoms with Crippen molar-refractivity contribution >= 4 is 49.4 Å². The molecule has 5 aliphatic rings. The lowest BCUT2D eigenvalue weighted by molar-refractivity contribution is 0.689. The van der Waals surface area contributed by atoms with Crippen LogP contribution < -0.4 is 10.4 Å². The summed E-state index contributed by atoms with van der Waals surface area (Å²) < 4.78 is 0. The standard InChI is InChI=1S/C53H40/c1-5-17-36(18-6-1)48-42-25-13-14-26-43(42)49(37-19-7-2-8-20-37)47-33-40(29-30-44(47)48)41-31-32-52-35-53(52,34-41)51(39-23-11-4-12-24-39)46-28-16-15-27-45(46)50(52)38-21-9-3-10-22-38/h1-5,7,9-17,19,21-34H,6,8,18,20,35H2. The van der Waals surface area contributed by atoms with Crippen molar-refractivity contribution in [3.05, 3.63) is 220 Å². The molecule has 0 nitrogen and oxygen atoms in total. The van der Waals surface area contributed by atoms with Gasteiger partial charge in [-0.15, -0.1) is 0 Å². The van der Waals surface area contributed by atoms with E-state index in [1.807, 2.05) is 0 Å². The van der Waals surface area contributed by atoms with E-state index in [4.69, 9.17) is 0 Å². The highest BCUT2D eigenvalue weighted by Gasteiger charge is 2.70. The van der Waals surface area contributed by atoms with Gasteiger partial charge in [-0.1, -0.05) is 176 Å². The van der Waals surface area contributed by atoms with Crippen molar-refractivity contribution in [1.29, 1.82) is 0 Å². The van der Waals surface area contributed by atoms with E-state index in [-0.39, 0.29) is 10.8 Å². The maximum Gasteiger partial charge on any atom is 0.0297 e. The third-order valence-electron chi connectivity index (χ3n) is 12.7.